The Kier molecular flexibility index (Phi) is 6.80. The van der Waals surface area contributed by atoms with Crippen LogP contribution in [0.25, 0.3) is 0 Å². The van der Waals surface area contributed by atoms with Gasteiger partial charge in [-0.05, 0) is 43.1 Å². The Hall–Kier alpha value is -0.100. The Morgan fingerprint density at radius 1 is 1.42 bits per heavy atom. The highest BCUT2D eigenvalue weighted by atomic mass is 79.9. The van der Waals surface area contributed by atoms with Crippen LogP contribution in [0, 0.1) is 0 Å². The first-order chi connectivity index (χ1) is 8.83. The Balaban J connectivity index is 2.79. The normalized spacial score (nSPS) is 13.5. The molecule has 0 radical (unpaired) electrons. The molecule has 0 spiro atoms. The molecule has 0 saturated heterocycles. The van der Waals surface area contributed by atoms with Crippen molar-refractivity contribution in [3.63, 3.8) is 0 Å². The van der Waals surface area contributed by atoms with E-state index in [1.807, 2.05) is 25.1 Å². The summed E-state index contributed by atoms with van der Waals surface area (Å²) in [5.41, 5.74) is 1.01. The average molecular weight is 369 g/mol. The molecule has 1 aromatic carbocycles. The Morgan fingerprint density at radius 2 is 2.11 bits per heavy atom. The van der Waals surface area contributed by atoms with Crippen molar-refractivity contribution in [3.8, 4) is 0 Å². The Labute approximate surface area is 128 Å². The quantitative estimate of drug-likeness (QED) is 0.800. The van der Waals surface area contributed by atoms with Gasteiger partial charge >= 0.3 is 0 Å². The highest BCUT2D eigenvalue weighted by Gasteiger charge is 2.15. The number of sulfone groups is 1. The molecule has 0 aliphatic rings. The highest BCUT2D eigenvalue weighted by molar-refractivity contribution is 9.10. The summed E-state index contributed by atoms with van der Waals surface area (Å²) in [5, 5.41) is 4.06. The summed E-state index contributed by atoms with van der Waals surface area (Å²) in [5.74, 6) is 0.209. The first-order valence-corrected chi connectivity index (χ1v) is 9.42. The molecule has 0 aliphatic heterocycles. The van der Waals surface area contributed by atoms with Crippen LogP contribution in [-0.2, 0) is 9.84 Å². The lowest BCUT2D eigenvalue weighted by Gasteiger charge is -2.19. The van der Waals surface area contributed by atoms with Crippen LogP contribution in [-0.4, -0.2) is 27.0 Å². The van der Waals surface area contributed by atoms with Gasteiger partial charge in [0.05, 0.1) is 0 Å². The maximum absolute atomic E-state index is 11.2. The van der Waals surface area contributed by atoms with Crippen LogP contribution in [0.5, 0.6) is 0 Å². The molecule has 1 unspecified atom stereocenters. The van der Waals surface area contributed by atoms with Gasteiger partial charge in [0.25, 0.3) is 0 Å². The lowest BCUT2D eigenvalue weighted by Crippen LogP contribution is -2.22. The van der Waals surface area contributed by atoms with E-state index in [2.05, 4.69) is 21.2 Å². The van der Waals surface area contributed by atoms with Crippen molar-refractivity contribution in [3.05, 3.63) is 33.3 Å². The average Bonchev–Trinajstić information content (AvgIpc) is 2.30. The van der Waals surface area contributed by atoms with Crippen LogP contribution in [0.2, 0.25) is 5.02 Å². The minimum Gasteiger partial charge on any atom is -0.310 e. The standard InChI is InChI=1S/C13H19BrClNO2S/c1-3-16-13(5-4-8-19(2,17)18)11-9-10(14)6-7-12(11)15/h6-7,9,13,16H,3-5,8H2,1-2H3. The van der Waals surface area contributed by atoms with Gasteiger partial charge in [0.1, 0.15) is 9.84 Å². The molecule has 0 fully saturated rings. The maximum Gasteiger partial charge on any atom is 0.147 e. The second kappa shape index (κ2) is 7.62. The molecule has 0 saturated carbocycles. The molecule has 3 nitrogen and oxygen atoms in total. The second-order valence-corrected chi connectivity index (χ2v) is 8.13. The first kappa shape index (κ1) is 17.0. The van der Waals surface area contributed by atoms with Crippen LogP contribution in [0.4, 0.5) is 0 Å². The van der Waals surface area contributed by atoms with Gasteiger partial charge in [0.15, 0.2) is 0 Å². The molecule has 108 valence electrons. The third kappa shape index (κ3) is 6.25. The maximum atomic E-state index is 11.2. The summed E-state index contributed by atoms with van der Waals surface area (Å²) < 4.78 is 23.3. The smallest absolute Gasteiger partial charge is 0.147 e. The van der Waals surface area contributed by atoms with E-state index < -0.39 is 9.84 Å². The van der Waals surface area contributed by atoms with Crippen LogP contribution in [0.3, 0.4) is 0 Å². The summed E-state index contributed by atoms with van der Waals surface area (Å²) in [7, 11) is -2.91. The third-order valence-electron chi connectivity index (χ3n) is 2.79. The van der Waals surface area contributed by atoms with Gasteiger partial charge < -0.3 is 5.32 Å². The van der Waals surface area contributed by atoms with Gasteiger partial charge in [-0.3, -0.25) is 0 Å². The Morgan fingerprint density at radius 3 is 2.68 bits per heavy atom. The van der Waals surface area contributed by atoms with E-state index in [9.17, 15) is 8.42 Å². The molecule has 6 heteroatoms. The topological polar surface area (TPSA) is 46.2 Å². The Bertz CT molecular complexity index is 519. The molecule has 0 aromatic heterocycles. The van der Waals surface area contributed by atoms with Crippen molar-refractivity contribution in [1.29, 1.82) is 0 Å². The van der Waals surface area contributed by atoms with E-state index in [0.29, 0.717) is 11.4 Å². The van der Waals surface area contributed by atoms with Crippen molar-refractivity contribution < 1.29 is 8.42 Å². The van der Waals surface area contributed by atoms with Crippen molar-refractivity contribution >= 4 is 37.4 Å². The fourth-order valence-electron chi connectivity index (χ4n) is 1.95. The van der Waals surface area contributed by atoms with E-state index in [4.69, 9.17) is 11.6 Å². The van der Waals surface area contributed by atoms with E-state index >= 15 is 0 Å². The lowest BCUT2D eigenvalue weighted by atomic mass is 10.0. The van der Waals surface area contributed by atoms with Crippen LogP contribution in [0.1, 0.15) is 31.4 Å². The molecular formula is C13H19BrClNO2S. The minimum absolute atomic E-state index is 0.0803. The molecule has 19 heavy (non-hydrogen) atoms. The van der Waals surface area contributed by atoms with Crippen LogP contribution in [0.15, 0.2) is 22.7 Å². The fraction of sp³-hybridized carbons (Fsp3) is 0.538. The van der Waals surface area contributed by atoms with E-state index in [1.165, 1.54) is 6.26 Å². The summed E-state index contributed by atoms with van der Waals surface area (Å²) in [4.78, 5) is 0. The fourth-order valence-corrected chi connectivity index (χ4v) is 3.26. The highest BCUT2D eigenvalue weighted by Crippen LogP contribution is 2.29. The van der Waals surface area contributed by atoms with Gasteiger partial charge in [-0.25, -0.2) is 8.42 Å². The molecule has 1 aromatic rings. The predicted octanol–water partition coefficient (Wildman–Crippen LogP) is 3.58. The summed E-state index contributed by atoms with van der Waals surface area (Å²) in [6.45, 7) is 2.84. The van der Waals surface area contributed by atoms with E-state index in [-0.39, 0.29) is 11.8 Å². The van der Waals surface area contributed by atoms with Crippen molar-refractivity contribution in [2.45, 2.75) is 25.8 Å². The van der Waals surface area contributed by atoms with E-state index in [0.717, 1.165) is 23.0 Å². The second-order valence-electron chi connectivity index (χ2n) is 4.55. The molecule has 0 bridgehead atoms. The summed E-state index contributed by atoms with van der Waals surface area (Å²) in [6, 6.07) is 5.81. The molecule has 0 aliphatic carbocycles. The zero-order valence-corrected chi connectivity index (χ0v) is 14.3. The number of rotatable bonds is 7. The van der Waals surface area contributed by atoms with Crippen molar-refractivity contribution in [2.24, 2.45) is 0 Å². The molecular weight excluding hydrogens is 350 g/mol. The number of hydrogen-bond donors (Lipinski definition) is 1. The zero-order valence-electron chi connectivity index (χ0n) is 11.1. The van der Waals surface area contributed by atoms with Crippen LogP contribution < -0.4 is 5.32 Å². The zero-order chi connectivity index (χ0) is 14.5. The SMILES string of the molecule is CCNC(CCCS(C)(=O)=O)c1cc(Br)ccc1Cl. The first-order valence-electron chi connectivity index (χ1n) is 6.19. The predicted molar refractivity (Wildman–Crippen MR) is 84.5 cm³/mol. The van der Waals surface area contributed by atoms with Gasteiger partial charge in [-0.1, -0.05) is 34.5 Å². The largest absolute Gasteiger partial charge is 0.310 e. The molecule has 1 N–H and O–H groups in total. The molecule has 0 amide bonds. The van der Waals surface area contributed by atoms with Gasteiger partial charge in [0, 0.05) is 27.5 Å². The molecule has 1 rings (SSSR count). The molecule has 1 atom stereocenters. The number of halogens is 2. The van der Waals surface area contributed by atoms with Gasteiger partial charge in [0.2, 0.25) is 0 Å². The van der Waals surface area contributed by atoms with Crippen molar-refractivity contribution in [2.75, 3.05) is 18.6 Å². The summed E-state index contributed by atoms with van der Waals surface area (Å²) >= 11 is 9.65. The lowest BCUT2D eigenvalue weighted by molar-refractivity contribution is 0.507. The molecule has 0 heterocycles. The monoisotopic (exact) mass is 367 g/mol. The van der Waals surface area contributed by atoms with Gasteiger partial charge in [-0.15, -0.1) is 0 Å². The number of benzene rings is 1. The number of hydrogen-bond acceptors (Lipinski definition) is 3. The van der Waals surface area contributed by atoms with Gasteiger partial charge in [-0.2, -0.15) is 0 Å². The van der Waals surface area contributed by atoms with E-state index in [1.54, 1.807) is 0 Å². The number of nitrogens with one attached hydrogen (secondary N) is 1. The summed E-state index contributed by atoms with van der Waals surface area (Å²) in [6.07, 6.45) is 2.64. The minimum atomic E-state index is -2.91. The third-order valence-corrected chi connectivity index (χ3v) is 4.66. The van der Waals surface area contributed by atoms with Crippen LogP contribution >= 0.6 is 27.5 Å². The van der Waals surface area contributed by atoms with Crippen molar-refractivity contribution in [1.82, 2.24) is 5.32 Å².